The van der Waals surface area contributed by atoms with Crippen LogP contribution >= 0.6 is 11.3 Å². The first-order chi connectivity index (χ1) is 37.6. The Bertz CT molecular complexity index is 4640. The van der Waals surface area contributed by atoms with Crippen LogP contribution in [0, 0.1) is 0 Å². The molecule has 0 fully saturated rings. The van der Waals surface area contributed by atoms with Crippen LogP contribution in [0.25, 0.3) is 153 Å². The zero-order valence-electron chi connectivity index (χ0n) is 41.1. The van der Waals surface area contributed by atoms with Crippen LogP contribution in [0.2, 0.25) is 0 Å². The Morgan fingerprint density at radius 1 is 0.224 bits per heavy atom. The monoisotopic (exact) mass is 984 g/mol. The summed E-state index contributed by atoms with van der Waals surface area (Å²) in [6, 6.07) is 98.0. The number of hydrogen-bond donors (Lipinski definition) is 0. The van der Waals surface area contributed by atoms with Crippen LogP contribution < -0.4 is 0 Å². The molecule has 0 N–H and O–H groups in total. The standard InChI is InChI=1S/C72H44N2OS/c1-3-11-45(12-4-1)49-25-35-65-61(39-49)57-33-23-53(43-67(57)73(65)55-29-19-47(20-30-55)51-27-37-70-63(41-51)59-15-7-9-17-69(59)75-70)54-24-34-58-62-40-50(46-13-5-2-6-14-46)26-36-66(62)74(68(58)44-54)56-31-21-48(22-32-56)52-28-38-72-64(42-52)60-16-8-10-18-71(60)76-72/h1-44H. The first kappa shape index (κ1) is 42.7. The fraction of sp³-hybridized carbons (Fsp3) is 0. The second-order valence-electron chi connectivity index (χ2n) is 20.0. The molecule has 0 atom stereocenters. The number of thiophene rings is 1. The molecule has 0 aliphatic rings. The first-order valence-corrected chi connectivity index (χ1v) is 26.8. The van der Waals surface area contributed by atoms with Gasteiger partial charge in [-0.3, -0.25) is 0 Å². The number of hydrogen-bond acceptors (Lipinski definition) is 2. The molecule has 0 saturated carbocycles. The molecule has 0 amide bonds. The van der Waals surface area contributed by atoms with Gasteiger partial charge in [0.05, 0.1) is 22.1 Å². The van der Waals surface area contributed by atoms with Gasteiger partial charge in [-0.15, -0.1) is 11.3 Å². The van der Waals surface area contributed by atoms with E-state index in [-0.39, 0.29) is 0 Å². The summed E-state index contributed by atoms with van der Waals surface area (Å²) >= 11 is 1.86. The minimum atomic E-state index is 0.904. The molecule has 0 aliphatic heterocycles. The van der Waals surface area contributed by atoms with E-state index in [1.54, 1.807) is 0 Å². The van der Waals surface area contributed by atoms with Gasteiger partial charge in [-0.1, -0.05) is 170 Å². The Kier molecular flexibility index (Phi) is 9.51. The molecule has 16 rings (SSSR count). The average molecular weight is 985 g/mol. The molecule has 4 heteroatoms. The zero-order valence-corrected chi connectivity index (χ0v) is 41.9. The normalized spacial score (nSPS) is 11.9. The van der Waals surface area contributed by atoms with Crippen LogP contribution in [-0.2, 0) is 0 Å². The maximum Gasteiger partial charge on any atom is 0.135 e. The Labute approximate surface area is 442 Å². The van der Waals surface area contributed by atoms with Crippen molar-refractivity contribution in [2.45, 2.75) is 0 Å². The summed E-state index contributed by atoms with van der Waals surface area (Å²) in [5, 5.41) is 9.79. The Morgan fingerprint density at radius 3 is 1.20 bits per heavy atom. The van der Waals surface area contributed by atoms with Crippen molar-refractivity contribution in [3.63, 3.8) is 0 Å². The second kappa shape index (κ2) is 16.9. The van der Waals surface area contributed by atoms with Gasteiger partial charge in [0.1, 0.15) is 11.2 Å². The van der Waals surface area contributed by atoms with E-state index in [0.29, 0.717) is 0 Å². The van der Waals surface area contributed by atoms with Crippen LogP contribution in [0.15, 0.2) is 271 Å². The van der Waals surface area contributed by atoms with Gasteiger partial charge < -0.3 is 13.6 Å². The minimum Gasteiger partial charge on any atom is -0.456 e. The van der Waals surface area contributed by atoms with E-state index in [4.69, 9.17) is 4.42 Å². The summed E-state index contributed by atoms with van der Waals surface area (Å²) in [4.78, 5) is 0. The Hall–Kier alpha value is -9.74. The number of fused-ring (bicyclic) bond motifs is 12. The molecule has 0 spiro atoms. The molecular weight excluding hydrogens is 941 g/mol. The molecule has 4 heterocycles. The van der Waals surface area contributed by atoms with E-state index in [1.165, 1.54) is 91.6 Å². The van der Waals surface area contributed by atoms with Crippen molar-refractivity contribution in [2.24, 2.45) is 0 Å². The summed E-state index contributed by atoms with van der Waals surface area (Å²) in [5.41, 5.74) is 20.6. The van der Waals surface area contributed by atoms with Gasteiger partial charge in [0.15, 0.2) is 0 Å². The highest BCUT2D eigenvalue weighted by Gasteiger charge is 2.19. The molecule has 0 unspecified atom stereocenters. The lowest BCUT2D eigenvalue weighted by Crippen LogP contribution is -1.95. The molecule has 12 aromatic carbocycles. The summed E-state index contributed by atoms with van der Waals surface area (Å²) in [5.74, 6) is 0. The third-order valence-corrected chi connectivity index (χ3v) is 16.9. The van der Waals surface area contributed by atoms with Crippen LogP contribution in [0.4, 0.5) is 0 Å². The molecule has 0 aliphatic carbocycles. The van der Waals surface area contributed by atoms with E-state index < -0.39 is 0 Å². The minimum absolute atomic E-state index is 0.904. The van der Waals surface area contributed by atoms with Crippen molar-refractivity contribution in [3.8, 4) is 67.0 Å². The lowest BCUT2D eigenvalue weighted by atomic mass is 9.99. The summed E-state index contributed by atoms with van der Waals surface area (Å²) in [6.45, 7) is 0. The molecule has 4 aromatic heterocycles. The van der Waals surface area contributed by atoms with Gasteiger partial charge in [-0.2, -0.15) is 0 Å². The van der Waals surface area contributed by atoms with Crippen molar-refractivity contribution in [1.29, 1.82) is 0 Å². The molecule has 3 nitrogen and oxygen atoms in total. The summed E-state index contributed by atoms with van der Waals surface area (Å²) < 4.78 is 13.7. The van der Waals surface area contributed by atoms with Gasteiger partial charge in [0, 0.05) is 63.9 Å². The summed E-state index contributed by atoms with van der Waals surface area (Å²) in [6.07, 6.45) is 0. The first-order valence-electron chi connectivity index (χ1n) is 26.0. The largest absolute Gasteiger partial charge is 0.456 e. The molecule has 0 saturated heterocycles. The van der Waals surface area contributed by atoms with Gasteiger partial charge in [-0.05, 0) is 153 Å². The predicted molar refractivity (Wildman–Crippen MR) is 322 cm³/mol. The zero-order chi connectivity index (χ0) is 49.8. The van der Waals surface area contributed by atoms with Gasteiger partial charge in [-0.25, -0.2) is 0 Å². The fourth-order valence-corrected chi connectivity index (χ4v) is 13.1. The molecule has 16 aromatic rings. The van der Waals surface area contributed by atoms with E-state index >= 15 is 0 Å². The van der Waals surface area contributed by atoms with Crippen LogP contribution in [0.1, 0.15) is 0 Å². The van der Waals surface area contributed by atoms with Crippen LogP contribution in [-0.4, -0.2) is 9.13 Å². The molecule has 0 radical (unpaired) electrons. The smallest absolute Gasteiger partial charge is 0.135 e. The van der Waals surface area contributed by atoms with Gasteiger partial charge >= 0.3 is 0 Å². The van der Waals surface area contributed by atoms with Crippen molar-refractivity contribution < 1.29 is 4.42 Å². The predicted octanol–water partition coefficient (Wildman–Crippen LogP) is 20.5. The van der Waals surface area contributed by atoms with Crippen molar-refractivity contribution in [2.75, 3.05) is 0 Å². The topological polar surface area (TPSA) is 23.0 Å². The number of rotatable bonds is 7. The van der Waals surface area contributed by atoms with Crippen LogP contribution in [0.5, 0.6) is 0 Å². The maximum absolute atomic E-state index is 6.18. The highest BCUT2D eigenvalue weighted by atomic mass is 32.1. The molecule has 354 valence electrons. The van der Waals surface area contributed by atoms with Crippen molar-refractivity contribution >= 4 is 97.1 Å². The number of furan rings is 1. The number of nitrogens with zero attached hydrogens (tertiary/aromatic N) is 2. The lowest BCUT2D eigenvalue weighted by molar-refractivity contribution is 0.669. The second-order valence-corrected chi connectivity index (χ2v) is 21.1. The van der Waals surface area contributed by atoms with E-state index in [9.17, 15) is 0 Å². The average Bonchev–Trinajstić information content (AvgIpc) is 4.30. The highest BCUT2D eigenvalue weighted by molar-refractivity contribution is 7.25. The Morgan fingerprint density at radius 2 is 0.618 bits per heavy atom. The summed E-state index contributed by atoms with van der Waals surface area (Å²) in [7, 11) is 0. The molecule has 0 bridgehead atoms. The molecule has 76 heavy (non-hydrogen) atoms. The quantitative estimate of drug-likeness (QED) is 0.156. The highest BCUT2D eigenvalue weighted by Crippen LogP contribution is 2.42. The SMILES string of the molecule is c1ccc(-c2ccc3c(c2)c2ccc(-c4ccc5c6cc(-c7ccccc7)ccc6n(-c6ccc(-c7ccc8sc9ccccc9c8c7)cc6)c5c4)cc2n3-c2ccc(-c3ccc4oc5ccccc5c4c3)cc2)cc1. The molecular formula is C72H44N2OS. The maximum atomic E-state index is 6.18. The number of para-hydroxylation sites is 1. The fourth-order valence-electron chi connectivity index (χ4n) is 12.0. The van der Waals surface area contributed by atoms with Gasteiger partial charge in [0.25, 0.3) is 0 Å². The Balaban J connectivity index is 0.843. The van der Waals surface area contributed by atoms with E-state index in [0.717, 1.165) is 61.1 Å². The number of benzene rings is 12. The van der Waals surface area contributed by atoms with E-state index in [2.05, 4.69) is 264 Å². The van der Waals surface area contributed by atoms with Crippen molar-refractivity contribution in [3.05, 3.63) is 267 Å². The third kappa shape index (κ3) is 6.81. The number of aromatic nitrogens is 2. The van der Waals surface area contributed by atoms with Gasteiger partial charge in [0.2, 0.25) is 0 Å². The van der Waals surface area contributed by atoms with E-state index in [1.807, 2.05) is 23.5 Å². The third-order valence-electron chi connectivity index (χ3n) is 15.8. The van der Waals surface area contributed by atoms with Crippen LogP contribution in [0.3, 0.4) is 0 Å². The van der Waals surface area contributed by atoms with Crippen molar-refractivity contribution in [1.82, 2.24) is 9.13 Å². The lowest BCUT2D eigenvalue weighted by Gasteiger charge is -2.12.